The Hall–Kier alpha value is -3.87. The Morgan fingerprint density at radius 1 is 1.03 bits per heavy atom. The first-order valence-corrected chi connectivity index (χ1v) is 10.4. The van der Waals surface area contributed by atoms with Gasteiger partial charge >= 0.3 is 6.03 Å². The summed E-state index contributed by atoms with van der Waals surface area (Å²) in [5.41, 5.74) is 6.19. The summed E-state index contributed by atoms with van der Waals surface area (Å²) in [5.74, 6) is 0. The fourth-order valence-electron chi connectivity index (χ4n) is 4.09. The highest BCUT2D eigenvalue weighted by Crippen LogP contribution is 2.31. The standard InChI is InChI=1S/C24H24N6O/c1-17-21(16-26-28-17)18-7-8-22-20(15-18)23(9-10-25-22)29-11-13-30(14-12-29)24(31)27-19-5-3-2-4-6-19/h2-10,15-16H,11-14H2,1H3,(H,26,28)(H,27,31). The maximum Gasteiger partial charge on any atom is 0.321 e. The second kappa shape index (κ2) is 8.10. The van der Waals surface area contributed by atoms with Gasteiger partial charge in [0, 0.05) is 60.4 Å². The molecular formula is C24H24N6O. The number of carbonyl (C=O) groups is 1. The summed E-state index contributed by atoms with van der Waals surface area (Å²) < 4.78 is 0. The van der Waals surface area contributed by atoms with E-state index in [9.17, 15) is 4.79 Å². The smallest absolute Gasteiger partial charge is 0.321 e. The first kappa shape index (κ1) is 19.1. The Kier molecular flexibility index (Phi) is 5.00. The number of urea groups is 1. The summed E-state index contributed by atoms with van der Waals surface area (Å²) in [4.78, 5) is 21.4. The van der Waals surface area contributed by atoms with E-state index in [-0.39, 0.29) is 6.03 Å². The quantitative estimate of drug-likeness (QED) is 0.526. The van der Waals surface area contributed by atoms with Crippen molar-refractivity contribution in [1.82, 2.24) is 20.1 Å². The van der Waals surface area contributed by atoms with Crippen molar-refractivity contribution in [3.8, 4) is 11.1 Å². The van der Waals surface area contributed by atoms with Crippen LogP contribution in [0.2, 0.25) is 0 Å². The molecule has 4 aromatic rings. The van der Waals surface area contributed by atoms with Crippen LogP contribution >= 0.6 is 0 Å². The summed E-state index contributed by atoms with van der Waals surface area (Å²) in [5, 5.41) is 11.2. The van der Waals surface area contributed by atoms with E-state index in [1.165, 1.54) is 0 Å². The molecule has 1 aliphatic rings. The van der Waals surface area contributed by atoms with Crippen LogP contribution in [0.5, 0.6) is 0 Å². The van der Waals surface area contributed by atoms with Gasteiger partial charge in [-0.05, 0) is 42.8 Å². The number of rotatable bonds is 3. The van der Waals surface area contributed by atoms with Gasteiger partial charge in [0.2, 0.25) is 0 Å². The van der Waals surface area contributed by atoms with Crippen LogP contribution in [0, 0.1) is 6.92 Å². The number of benzene rings is 2. The van der Waals surface area contributed by atoms with E-state index in [0.717, 1.165) is 52.2 Å². The Balaban J connectivity index is 1.34. The van der Waals surface area contributed by atoms with Crippen molar-refractivity contribution in [3.05, 3.63) is 72.7 Å². The Labute approximate surface area is 180 Å². The van der Waals surface area contributed by atoms with Crippen molar-refractivity contribution in [2.75, 3.05) is 36.4 Å². The topological polar surface area (TPSA) is 77.2 Å². The monoisotopic (exact) mass is 412 g/mol. The number of aryl methyl sites for hydroxylation is 1. The number of aromatic amines is 1. The highest BCUT2D eigenvalue weighted by Gasteiger charge is 2.22. The van der Waals surface area contributed by atoms with E-state index >= 15 is 0 Å². The number of nitrogens with one attached hydrogen (secondary N) is 2. The molecule has 156 valence electrons. The van der Waals surface area contributed by atoms with Crippen molar-refractivity contribution in [3.63, 3.8) is 0 Å². The molecule has 2 aromatic carbocycles. The van der Waals surface area contributed by atoms with Crippen LogP contribution in [0.4, 0.5) is 16.2 Å². The summed E-state index contributed by atoms with van der Waals surface area (Å²) in [6.45, 7) is 4.91. The minimum absolute atomic E-state index is 0.0526. The largest absolute Gasteiger partial charge is 0.367 e. The number of fused-ring (bicyclic) bond motifs is 1. The summed E-state index contributed by atoms with van der Waals surface area (Å²) >= 11 is 0. The van der Waals surface area contributed by atoms with Crippen molar-refractivity contribution in [2.24, 2.45) is 0 Å². The van der Waals surface area contributed by atoms with Gasteiger partial charge in [0.1, 0.15) is 0 Å². The second-order valence-electron chi connectivity index (χ2n) is 7.74. The highest BCUT2D eigenvalue weighted by atomic mass is 16.2. The average Bonchev–Trinajstić information content (AvgIpc) is 3.25. The van der Waals surface area contributed by atoms with Gasteiger partial charge in [0.15, 0.2) is 0 Å². The van der Waals surface area contributed by atoms with Crippen LogP contribution in [-0.2, 0) is 0 Å². The summed E-state index contributed by atoms with van der Waals surface area (Å²) in [7, 11) is 0. The summed E-state index contributed by atoms with van der Waals surface area (Å²) in [6.07, 6.45) is 3.71. The molecule has 1 fully saturated rings. The van der Waals surface area contributed by atoms with Crippen LogP contribution in [0.25, 0.3) is 22.0 Å². The molecule has 2 amide bonds. The molecule has 1 saturated heterocycles. The third-order valence-corrected chi connectivity index (χ3v) is 5.79. The van der Waals surface area contributed by atoms with E-state index in [0.29, 0.717) is 13.1 Å². The van der Waals surface area contributed by atoms with E-state index in [1.54, 1.807) is 0 Å². The highest BCUT2D eigenvalue weighted by molar-refractivity contribution is 5.95. The molecule has 0 aliphatic carbocycles. The first-order valence-electron chi connectivity index (χ1n) is 10.4. The Morgan fingerprint density at radius 2 is 1.84 bits per heavy atom. The first-order chi connectivity index (χ1) is 15.2. The Morgan fingerprint density at radius 3 is 2.58 bits per heavy atom. The number of H-pyrrole nitrogens is 1. The number of hydrogen-bond donors (Lipinski definition) is 2. The molecule has 1 aliphatic heterocycles. The molecule has 0 saturated carbocycles. The van der Waals surface area contributed by atoms with Crippen molar-refractivity contribution in [2.45, 2.75) is 6.92 Å². The molecule has 7 heteroatoms. The van der Waals surface area contributed by atoms with Gasteiger partial charge in [-0.15, -0.1) is 0 Å². The minimum atomic E-state index is -0.0526. The fraction of sp³-hybridized carbons (Fsp3) is 0.208. The lowest BCUT2D eigenvalue weighted by molar-refractivity contribution is 0.208. The molecule has 3 heterocycles. The van der Waals surface area contributed by atoms with Crippen molar-refractivity contribution in [1.29, 1.82) is 0 Å². The number of amides is 2. The maximum atomic E-state index is 12.6. The number of anilines is 2. The molecule has 0 bridgehead atoms. The summed E-state index contributed by atoms with van der Waals surface area (Å²) in [6, 6.07) is 17.9. The van der Waals surface area contributed by atoms with Crippen LogP contribution in [0.15, 0.2) is 67.0 Å². The SMILES string of the molecule is Cc1[nH]ncc1-c1ccc2nccc(N3CCN(C(=O)Nc4ccccc4)CC3)c2c1. The number of pyridine rings is 1. The average molecular weight is 412 g/mol. The zero-order valence-electron chi connectivity index (χ0n) is 17.4. The van der Waals surface area contributed by atoms with Gasteiger partial charge in [-0.25, -0.2) is 4.79 Å². The van der Waals surface area contributed by atoms with E-state index in [4.69, 9.17) is 0 Å². The van der Waals surface area contributed by atoms with Crippen molar-refractivity contribution >= 4 is 28.3 Å². The molecule has 2 N–H and O–H groups in total. The number of hydrogen-bond acceptors (Lipinski definition) is 4. The van der Waals surface area contributed by atoms with E-state index < -0.39 is 0 Å². The van der Waals surface area contributed by atoms with E-state index in [2.05, 4.69) is 49.7 Å². The molecule has 7 nitrogen and oxygen atoms in total. The predicted molar refractivity (Wildman–Crippen MR) is 123 cm³/mol. The van der Waals surface area contributed by atoms with Gasteiger partial charge in [-0.1, -0.05) is 24.3 Å². The number of nitrogens with zero attached hydrogens (tertiary/aromatic N) is 4. The van der Waals surface area contributed by atoms with Gasteiger partial charge in [-0.3, -0.25) is 10.1 Å². The normalized spacial score (nSPS) is 14.1. The lowest BCUT2D eigenvalue weighted by Gasteiger charge is -2.36. The van der Waals surface area contributed by atoms with E-state index in [1.807, 2.05) is 54.5 Å². The zero-order valence-corrected chi connectivity index (χ0v) is 17.4. The van der Waals surface area contributed by atoms with Crippen LogP contribution in [0.3, 0.4) is 0 Å². The molecule has 5 rings (SSSR count). The molecule has 2 aromatic heterocycles. The third kappa shape index (κ3) is 3.82. The van der Waals surface area contributed by atoms with Crippen LogP contribution in [0.1, 0.15) is 5.69 Å². The third-order valence-electron chi connectivity index (χ3n) is 5.79. The molecule has 0 radical (unpaired) electrons. The lowest BCUT2D eigenvalue weighted by atomic mass is 10.0. The predicted octanol–water partition coefficient (Wildman–Crippen LogP) is 4.29. The molecule has 0 unspecified atom stereocenters. The number of aromatic nitrogens is 3. The number of carbonyl (C=O) groups excluding carboxylic acids is 1. The molecule has 0 spiro atoms. The zero-order chi connectivity index (χ0) is 21.2. The molecule has 31 heavy (non-hydrogen) atoms. The van der Waals surface area contributed by atoms with Gasteiger partial charge in [-0.2, -0.15) is 5.10 Å². The molecular weight excluding hydrogens is 388 g/mol. The second-order valence-corrected chi connectivity index (χ2v) is 7.74. The van der Waals surface area contributed by atoms with Gasteiger partial charge in [0.25, 0.3) is 0 Å². The van der Waals surface area contributed by atoms with Gasteiger partial charge < -0.3 is 15.1 Å². The van der Waals surface area contributed by atoms with Crippen molar-refractivity contribution < 1.29 is 4.79 Å². The lowest BCUT2D eigenvalue weighted by Crippen LogP contribution is -2.50. The maximum absolute atomic E-state index is 12.6. The Bertz CT molecular complexity index is 1210. The van der Waals surface area contributed by atoms with Crippen LogP contribution in [-0.4, -0.2) is 52.3 Å². The molecule has 0 atom stereocenters. The fourth-order valence-corrected chi connectivity index (χ4v) is 4.09. The number of piperazine rings is 1. The van der Waals surface area contributed by atoms with Gasteiger partial charge in [0.05, 0.1) is 11.7 Å². The van der Waals surface area contributed by atoms with Crippen LogP contribution < -0.4 is 10.2 Å². The minimum Gasteiger partial charge on any atom is -0.367 e. The number of para-hydroxylation sites is 1.